The van der Waals surface area contributed by atoms with Crippen molar-refractivity contribution in [3.63, 3.8) is 0 Å². The van der Waals surface area contributed by atoms with E-state index in [1.807, 2.05) is 78.9 Å². The summed E-state index contributed by atoms with van der Waals surface area (Å²) in [5.41, 5.74) is 2.93. The van der Waals surface area contributed by atoms with Gasteiger partial charge in [0.15, 0.2) is 0 Å². The quantitative estimate of drug-likeness (QED) is 0.462. The van der Waals surface area contributed by atoms with E-state index in [4.69, 9.17) is 13.9 Å². The molecule has 0 aliphatic heterocycles. The Hall–Kier alpha value is -3.80. The van der Waals surface area contributed by atoms with Crippen molar-refractivity contribution < 1.29 is 13.9 Å². The molecule has 0 bridgehead atoms. The third-order valence-electron chi connectivity index (χ3n) is 4.35. The highest BCUT2D eigenvalue weighted by Crippen LogP contribution is 2.22. The van der Waals surface area contributed by atoms with Crippen molar-refractivity contribution in [1.82, 2.24) is 10.2 Å². The van der Waals surface area contributed by atoms with Gasteiger partial charge in [0.25, 0.3) is 0 Å². The van der Waals surface area contributed by atoms with E-state index < -0.39 is 0 Å². The van der Waals surface area contributed by atoms with Crippen LogP contribution in [0.4, 0.5) is 5.69 Å². The standard InChI is InChI=1S/C23H21N3O3/c1-27-20-11-7-18(8-12-20)23-26-25-22(29-23)15-24-19-9-13-21(14-10-19)28-16-17-5-3-2-4-6-17/h2-14,24H,15-16H2,1H3. The second kappa shape index (κ2) is 8.93. The molecule has 0 radical (unpaired) electrons. The van der Waals surface area contributed by atoms with Gasteiger partial charge < -0.3 is 19.2 Å². The number of rotatable bonds is 8. The van der Waals surface area contributed by atoms with Gasteiger partial charge >= 0.3 is 0 Å². The predicted molar refractivity (Wildman–Crippen MR) is 111 cm³/mol. The monoisotopic (exact) mass is 387 g/mol. The van der Waals surface area contributed by atoms with Crippen molar-refractivity contribution in [3.8, 4) is 23.0 Å². The molecule has 29 heavy (non-hydrogen) atoms. The summed E-state index contributed by atoms with van der Waals surface area (Å²) in [6.45, 7) is 0.983. The molecule has 0 fully saturated rings. The molecule has 0 unspecified atom stereocenters. The summed E-state index contributed by atoms with van der Waals surface area (Å²) in [6, 6.07) is 25.4. The average molecular weight is 387 g/mol. The summed E-state index contributed by atoms with van der Waals surface area (Å²) in [5, 5.41) is 11.5. The van der Waals surface area contributed by atoms with Crippen LogP contribution in [0.25, 0.3) is 11.5 Å². The fraction of sp³-hybridized carbons (Fsp3) is 0.130. The molecule has 0 spiro atoms. The molecule has 0 amide bonds. The van der Waals surface area contributed by atoms with Gasteiger partial charge in [0.2, 0.25) is 11.8 Å². The van der Waals surface area contributed by atoms with Crippen LogP contribution in [0.2, 0.25) is 0 Å². The Morgan fingerprint density at radius 3 is 2.28 bits per heavy atom. The van der Waals surface area contributed by atoms with Crippen LogP contribution in [0.5, 0.6) is 11.5 Å². The van der Waals surface area contributed by atoms with Gasteiger partial charge in [-0.1, -0.05) is 30.3 Å². The van der Waals surface area contributed by atoms with Crippen LogP contribution in [0.3, 0.4) is 0 Å². The lowest BCUT2D eigenvalue weighted by Gasteiger charge is -2.08. The molecule has 6 heteroatoms. The predicted octanol–water partition coefficient (Wildman–Crippen LogP) is 4.94. The van der Waals surface area contributed by atoms with Crippen LogP contribution in [-0.4, -0.2) is 17.3 Å². The highest BCUT2D eigenvalue weighted by atomic mass is 16.5. The van der Waals surface area contributed by atoms with Crippen molar-refractivity contribution in [2.45, 2.75) is 13.2 Å². The average Bonchev–Trinajstić information content (AvgIpc) is 3.27. The molecule has 0 aliphatic carbocycles. The smallest absolute Gasteiger partial charge is 0.247 e. The van der Waals surface area contributed by atoms with Crippen molar-refractivity contribution in [1.29, 1.82) is 0 Å². The SMILES string of the molecule is COc1ccc(-c2nnc(CNc3ccc(OCc4ccccc4)cc3)o2)cc1. The number of methoxy groups -OCH3 is 1. The first kappa shape index (κ1) is 18.6. The van der Waals surface area contributed by atoms with Crippen LogP contribution in [-0.2, 0) is 13.2 Å². The molecule has 0 atom stereocenters. The van der Waals surface area contributed by atoms with Crippen molar-refractivity contribution in [2.75, 3.05) is 12.4 Å². The number of nitrogens with one attached hydrogen (secondary N) is 1. The van der Waals surface area contributed by atoms with Crippen LogP contribution >= 0.6 is 0 Å². The second-order valence-corrected chi connectivity index (χ2v) is 6.38. The number of aromatic nitrogens is 2. The summed E-state index contributed by atoms with van der Waals surface area (Å²) in [4.78, 5) is 0. The van der Waals surface area contributed by atoms with Gasteiger partial charge in [-0.3, -0.25) is 0 Å². The molecule has 1 N–H and O–H groups in total. The largest absolute Gasteiger partial charge is 0.497 e. The van der Waals surface area contributed by atoms with E-state index in [0.717, 1.165) is 28.3 Å². The molecule has 4 aromatic rings. The fourth-order valence-corrected chi connectivity index (χ4v) is 2.76. The van der Waals surface area contributed by atoms with Crippen LogP contribution in [0.15, 0.2) is 83.3 Å². The Labute approximate surface area is 169 Å². The molecule has 6 nitrogen and oxygen atoms in total. The highest BCUT2D eigenvalue weighted by Gasteiger charge is 2.08. The van der Waals surface area contributed by atoms with Gasteiger partial charge in [-0.05, 0) is 54.1 Å². The molecule has 3 aromatic carbocycles. The minimum Gasteiger partial charge on any atom is -0.497 e. The zero-order valence-corrected chi connectivity index (χ0v) is 16.0. The first-order chi connectivity index (χ1) is 14.3. The third kappa shape index (κ3) is 4.93. The molecule has 0 aliphatic rings. The lowest BCUT2D eigenvalue weighted by atomic mass is 10.2. The molecular formula is C23H21N3O3. The Bertz CT molecular complexity index is 1030. The maximum Gasteiger partial charge on any atom is 0.247 e. The van der Waals surface area contributed by atoms with E-state index in [-0.39, 0.29) is 0 Å². The summed E-state index contributed by atoms with van der Waals surface area (Å²) in [7, 11) is 1.63. The van der Waals surface area contributed by atoms with Gasteiger partial charge in [-0.15, -0.1) is 10.2 Å². The molecule has 0 saturated carbocycles. The van der Waals surface area contributed by atoms with Crippen LogP contribution in [0.1, 0.15) is 11.5 Å². The van der Waals surface area contributed by atoms with Crippen LogP contribution < -0.4 is 14.8 Å². The first-order valence-electron chi connectivity index (χ1n) is 9.27. The fourth-order valence-electron chi connectivity index (χ4n) is 2.76. The number of hydrogen-bond acceptors (Lipinski definition) is 6. The summed E-state index contributed by atoms with van der Waals surface area (Å²) < 4.78 is 16.7. The second-order valence-electron chi connectivity index (χ2n) is 6.38. The van der Waals surface area contributed by atoms with E-state index in [1.54, 1.807) is 7.11 Å². The summed E-state index contributed by atoms with van der Waals surface area (Å²) in [6.07, 6.45) is 0. The lowest BCUT2D eigenvalue weighted by molar-refractivity contribution is 0.306. The Morgan fingerprint density at radius 1 is 0.828 bits per heavy atom. The molecule has 146 valence electrons. The molecule has 1 heterocycles. The Morgan fingerprint density at radius 2 is 1.55 bits per heavy atom. The number of anilines is 1. The lowest BCUT2D eigenvalue weighted by Crippen LogP contribution is -2.00. The minimum atomic E-state index is 0.438. The molecule has 4 rings (SSSR count). The maximum atomic E-state index is 5.80. The van der Waals surface area contributed by atoms with Gasteiger partial charge in [0.1, 0.15) is 18.1 Å². The molecule has 1 aromatic heterocycles. The number of hydrogen-bond donors (Lipinski definition) is 1. The first-order valence-corrected chi connectivity index (χ1v) is 9.27. The number of ether oxygens (including phenoxy) is 2. The van der Waals surface area contributed by atoms with Crippen molar-refractivity contribution in [3.05, 3.63) is 90.3 Å². The highest BCUT2D eigenvalue weighted by molar-refractivity contribution is 5.54. The minimum absolute atomic E-state index is 0.438. The van der Waals surface area contributed by atoms with Crippen LogP contribution in [0, 0.1) is 0 Å². The van der Waals surface area contributed by atoms with E-state index in [9.17, 15) is 0 Å². The van der Waals surface area contributed by atoms with Gasteiger partial charge in [-0.25, -0.2) is 0 Å². The molecular weight excluding hydrogens is 366 g/mol. The normalized spacial score (nSPS) is 10.5. The van der Waals surface area contributed by atoms with Crippen molar-refractivity contribution >= 4 is 5.69 Å². The topological polar surface area (TPSA) is 69.4 Å². The van der Waals surface area contributed by atoms with E-state index in [2.05, 4.69) is 15.5 Å². The maximum absolute atomic E-state index is 5.80. The van der Waals surface area contributed by atoms with E-state index >= 15 is 0 Å². The zero-order chi connectivity index (χ0) is 19.9. The molecule has 0 saturated heterocycles. The van der Waals surface area contributed by atoms with Crippen molar-refractivity contribution in [2.24, 2.45) is 0 Å². The number of nitrogens with zero attached hydrogens (tertiary/aromatic N) is 2. The van der Waals surface area contributed by atoms with Gasteiger partial charge in [-0.2, -0.15) is 0 Å². The Balaban J connectivity index is 1.30. The number of benzene rings is 3. The summed E-state index contributed by atoms with van der Waals surface area (Å²) in [5.74, 6) is 2.60. The van der Waals surface area contributed by atoms with E-state index in [0.29, 0.717) is 24.9 Å². The van der Waals surface area contributed by atoms with E-state index in [1.165, 1.54) is 0 Å². The zero-order valence-electron chi connectivity index (χ0n) is 16.0. The third-order valence-corrected chi connectivity index (χ3v) is 4.35. The summed E-state index contributed by atoms with van der Waals surface area (Å²) >= 11 is 0. The van der Waals surface area contributed by atoms with Gasteiger partial charge in [0, 0.05) is 11.3 Å². The Kier molecular flexibility index (Phi) is 5.71. The van der Waals surface area contributed by atoms with Gasteiger partial charge in [0.05, 0.1) is 13.7 Å².